The molecule has 4 rings (SSSR count). The maximum Gasteiger partial charge on any atom is 0.276 e. The highest BCUT2D eigenvalue weighted by Crippen LogP contribution is 2.19. The molecule has 0 saturated heterocycles. The average molecular weight is 414 g/mol. The Labute approximate surface area is 179 Å². The van der Waals surface area contributed by atoms with Crippen LogP contribution >= 0.6 is 0 Å². The van der Waals surface area contributed by atoms with Crippen molar-refractivity contribution in [1.29, 1.82) is 0 Å². The Bertz CT molecular complexity index is 1240. The standard InChI is InChI=1S/C23H22N6O2/c1-16-22(23(31)28(13-11-21(24)30)15-17-6-3-2-4-7-17)26-27-29(16)19-9-10-20-18(14-19)8-5-12-25-20/h2-10,12,14H,11,13,15H2,1H3,(H2,24,30). The zero-order valence-corrected chi connectivity index (χ0v) is 17.1. The number of pyridine rings is 1. The Balaban J connectivity index is 1.64. The van der Waals surface area contributed by atoms with E-state index in [1.165, 1.54) is 0 Å². The first-order valence-electron chi connectivity index (χ1n) is 9.92. The molecule has 2 aromatic heterocycles. The van der Waals surface area contributed by atoms with Gasteiger partial charge in [0.25, 0.3) is 5.91 Å². The van der Waals surface area contributed by atoms with Crippen LogP contribution in [0.4, 0.5) is 0 Å². The lowest BCUT2D eigenvalue weighted by Crippen LogP contribution is -2.34. The van der Waals surface area contributed by atoms with E-state index in [2.05, 4.69) is 15.3 Å². The zero-order chi connectivity index (χ0) is 21.8. The second-order valence-electron chi connectivity index (χ2n) is 7.24. The van der Waals surface area contributed by atoms with Crippen LogP contribution < -0.4 is 5.73 Å². The normalized spacial score (nSPS) is 10.9. The van der Waals surface area contributed by atoms with Crippen molar-refractivity contribution >= 4 is 22.7 Å². The van der Waals surface area contributed by atoms with E-state index in [1.54, 1.807) is 22.7 Å². The summed E-state index contributed by atoms with van der Waals surface area (Å²) in [5.74, 6) is -0.757. The molecule has 0 bridgehead atoms. The number of fused-ring (bicyclic) bond motifs is 1. The van der Waals surface area contributed by atoms with Crippen LogP contribution in [0.5, 0.6) is 0 Å². The minimum absolute atomic E-state index is 0.0729. The smallest absolute Gasteiger partial charge is 0.276 e. The van der Waals surface area contributed by atoms with Crippen molar-refractivity contribution in [2.45, 2.75) is 19.9 Å². The maximum absolute atomic E-state index is 13.3. The second kappa shape index (κ2) is 8.74. The molecule has 0 aliphatic rings. The SMILES string of the molecule is Cc1c(C(=O)N(CCC(N)=O)Cc2ccccc2)nnn1-c1ccc2ncccc2c1. The summed E-state index contributed by atoms with van der Waals surface area (Å²) in [6, 6.07) is 19.2. The number of benzene rings is 2. The van der Waals surface area contributed by atoms with E-state index >= 15 is 0 Å². The quantitative estimate of drug-likeness (QED) is 0.500. The average Bonchev–Trinajstić information content (AvgIpc) is 3.17. The number of primary amides is 1. The van der Waals surface area contributed by atoms with Crippen LogP contribution in [-0.4, -0.2) is 43.2 Å². The molecule has 31 heavy (non-hydrogen) atoms. The van der Waals surface area contributed by atoms with Gasteiger partial charge in [0.05, 0.1) is 16.9 Å². The lowest BCUT2D eigenvalue weighted by Gasteiger charge is -2.21. The van der Waals surface area contributed by atoms with Gasteiger partial charge in [-0.25, -0.2) is 4.68 Å². The molecule has 8 heteroatoms. The molecule has 0 radical (unpaired) electrons. The van der Waals surface area contributed by atoms with Crippen molar-refractivity contribution in [2.24, 2.45) is 5.73 Å². The predicted molar refractivity (Wildman–Crippen MR) is 116 cm³/mol. The van der Waals surface area contributed by atoms with Crippen molar-refractivity contribution in [3.63, 3.8) is 0 Å². The molecule has 4 aromatic rings. The fraction of sp³-hybridized carbons (Fsp3) is 0.174. The Morgan fingerprint density at radius 3 is 2.65 bits per heavy atom. The predicted octanol–water partition coefficient (Wildman–Crippen LogP) is 2.64. The van der Waals surface area contributed by atoms with Gasteiger partial charge in [-0.3, -0.25) is 14.6 Å². The number of nitrogens with zero attached hydrogens (tertiary/aromatic N) is 5. The number of hydrogen-bond donors (Lipinski definition) is 1. The number of carbonyl (C=O) groups excluding carboxylic acids is 2. The highest BCUT2D eigenvalue weighted by molar-refractivity contribution is 5.93. The van der Waals surface area contributed by atoms with Crippen molar-refractivity contribution in [3.8, 4) is 5.69 Å². The molecular weight excluding hydrogens is 392 g/mol. The first kappa shape index (κ1) is 20.2. The molecule has 8 nitrogen and oxygen atoms in total. The van der Waals surface area contributed by atoms with Gasteiger partial charge in [-0.15, -0.1) is 5.10 Å². The summed E-state index contributed by atoms with van der Waals surface area (Å²) in [6.07, 6.45) is 1.82. The van der Waals surface area contributed by atoms with E-state index in [4.69, 9.17) is 5.73 Å². The molecule has 0 fully saturated rings. The van der Waals surface area contributed by atoms with Crippen LogP contribution in [0.2, 0.25) is 0 Å². The lowest BCUT2D eigenvalue weighted by atomic mass is 10.2. The summed E-state index contributed by atoms with van der Waals surface area (Å²) in [4.78, 5) is 30.5. The van der Waals surface area contributed by atoms with Gasteiger partial charge in [-0.1, -0.05) is 41.6 Å². The number of nitrogens with two attached hydrogens (primary N) is 1. The Morgan fingerprint density at radius 1 is 1.06 bits per heavy atom. The molecular formula is C23H22N6O2. The van der Waals surface area contributed by atoms with Crippen molar-refractivity contribution in [2.75, 3.05) is 6.54 Å². The van der Waals surface area contributed by atoms with Gasteiger partial charge in [-0.2, -0.15) is 0 Å². The van der Waals surface area contributed by atoms with Gasteiger partial charge < -0.3 is 10.6 Å². The van der Waals surface area contributed by atoms with Crippen LogP contribution in [0.25, 0.3) is 16.6 Å². The van der Waals surface area contributed by atoms with E-state index in [1.807, 2.05) is 60.7 Å². The fourth-order valence-corrected chi connectivity index (χ4v) is 3.42. The van der Waals surface area contributed by atoms with Crippen LogP contribution in [0, 0.1) is 6.92 Å². The number of hydrogen-bond acceptors (Lipinski definition) is 5. The number of amides is 2. The molecule has 2 N–H and O–H groups in total. The van der Waals surface area contributed by atoms with E-state index in [0.717, 1.165) is 22.2 Å². The van der Waals surface area contributed by atoms with Crippen molar-refractivity contribution < 1.29 is 9.59 Å². The summed E-state index contributed by atoms with van der Waals surface area (Å²) >= 11 is 0. The molecule has 2 heterocycles. The molecule has 156 valence electrons. The van der Waals surface area contributed by atoms with Crippen molar-refractivity contribution in [3.05, 3.63) is 83.8 Å². The molecule has 0 saturated carbocycles. The summed E-state index contributed by atoms with van der Waals surface area (Å²) in [7, 11) is 0. The van der Waals surface area contributed by atoms with Gasteiger partial charge in [0.2, 0.25) is 5.91 Å². The third kappa shape index (κ3) is 4.42. The summed E-state index contributed by atoms with van der Waals surface area (Å²) in [6.45, 7) is 2.35. The second-order valence-corrected chi connectivity index (χ2v) is 7.24. The monoisotopic (exact) mass is 414 g/mol. The Hall–Kier alpha value is -4.07. The van der Waals surface area contributed by atoms with Crippen LogP contribution in [0.1, 0.15) is 28.2 Å². The Morgan fingerprint density at radius 2 is 1.87 bits per heavy atom. The van der Waals surface area contributed by atoms with Gasteiger partial charge in [-0.05, 0) is 36.8 Å². The molecule has 0 spiro atoms. The molecule has 0 aliphatic heterocycles. The first-order chi connectivity index (χ1) is 15.0. The highest BCUT2D eigenvalue weighted by atomic mass is 16.2. The minimum atomic E-state index is -0.462. The van der Waals surface area contributed by atoms with Crippen LogP contribution in [0.15, 0.2) is 66.9 Å². The fourth-order valence-electron chi connectivity index (χ4n) is 3.42. The maximum atomic E-state index is 13.3. The Kier molecular flexibility index (Phi) is 5.70. The number of rotatable bonds is 7. The van der Waals surface area contributed by atoms with Gasteiger partial charge in [0, 0.05) is 31.1 Å². The highest BCUT2D eigenvalue weighted by Gasteiger charge is 2.23. The molecule has 0 unspecified atom stereocenters. The zero-order valence-electron chi connectivity index (χ0n) is 17.1. The largest absolute Gasteiger partial charge is 0.370 e. The molecule has 0 aliphatic carbocycles. The minimum Gasteiger partial charge on any atom is -0.370 e. The summed E-state index contributed by atoms with van der Waals surface area (Å²) in [5, 5.41) is 9.32. The molecule has 2 aromatic carbocycles. The first-order valence-corrected chi connectivity index (χ1v) is 9.92. The lowest BCUT2D eigenvalue weighted by molar-refractivity contribution is -0.118. The molecule has 2 amide bonds. The molecule has 0 atom stereocenters. The summed E-state index contributed by atoms with van der Waals surface area (Å²) in [5.41, 5.74) is 8.79. The third-order valence-corrected chi connectivity index (χ3v) is 5.06. The van der Waals surface area contributed by atoms with Gasteiger partial charge >= 0.3 is 0 Å². The third-order valence-electron chi connectivity index (χ3n) is 5.06. The van der Waals surface area contributed by atoms with Gasteiger partial charge in [0.1, 0.15) is 0 Å². The van der Waals surface area contributed by atoms with E-state index in [9.17, 15) is 9.59 Å². The van der Waals surface area contributed by atoms with E-state index < -0.39 is 5.91 Å². The van der Waals surface area contributed by atoms with E-state index in [0.29, 0.717) is 12.2 Å². The summed E-state index contributed by atoms with van der Waals surface area (Å²) < 4.78 is 1.63. The van der Waals surface area contributed by atoms with Crippen LogP contribution in [-0.2, 0) is 11.3 Å². The van der Waals surface area contributed by atoms with Gasteiger partial charge in [0.15, 0.2) is 5.69 Å². The van der Waals surface area contributed by atoms with E-state index in [-0.39, 0.29) is 24.6 Å². The van der Waals surface area contributed by atoms with Crippen LogP contribution in [0.3, 0.4) is 0 Å². The topological polar surface area (TPSA) is 107 Å². The number of carbonyl (C=O) groups is 2. The van der Waals surface area contributed by atoms with Crippen molar-refractivity contribution in [1.82, 2.24) is 24.9 Å². The number of aromatic nitrogens is 4.